The molecule has 0 saturated carbocycles. The third kappa shape index (κ3) is 7.74. The van der Waals surface area contributed by atoms with Crippen LogP contribution in [0.2, 0.25) is 0 Å². The molecule has 2 N–H and O–H groups in total. The van der Waals surface area contributed by atoms with E-state index < -0.39 is 58.4 Å². The number of halogens is 4. The van der Waals surface area contributed by atoms with Crippen LogP contribution in [0.4, 0.5) is 17.6 Å². The summed E-state index contributed by atoms with van der Waals surface area (Å²) in [6.45, 7) is -2.07. The monoisotopic (exact) mass is 449 g/mol. The highest BCUT2D eigenvalue weighted by Crippen LogP contribution is 2.31. The van der Waals surface area contributed by atoms with Crippen LogP contribution in [-0.4, -0.2) is 47.5 Å². The highest BCUT2D eigenvalue weighted by molar-refractivity contribution is 7.33. The third-order valence-electron chi connectivity index (χ3n) is 4.22. The topological polar surface area (TPSA) is 76.0 Å². The van der Waals surface area contributed by atoms with Gasteiger partial charge in [-0.2, -0.15) is 0 Å². The first-order valence-electron chi connectivity index (χ1n) is 9.03. The zero-order valence-electron chi connectivity index (χ0n) is 15.8. The molecule has 0 fully saturated rings. The predicted octanol–water partition coefficient (Wildman–Crippen LogP) is 4.15. The molecule has 2 aromatic carbocycles. The van der Waals surface area contributed by atoms with Crippen LogP contribution in [0, 0.1) is 0 Å². The second-order valence-electron chi connectivity index (χ2n) is 6.69. The van der Waals surface area contributed by atoms with E-state index in [9.17, 15) is 32.3 Å². The van der Waals surface area contributed by atoms with E-state index in [1.807, 2.05) is 0 Å². The van der Waals surface area contributed by atoms with E-state index in [0.29, 0.717) is 0 Å². The first-order valence-corrected chi connectivity index (χ1v) is 10.1. The number of aliphatic hydroxyl groups excluding tert-OH is 2. The van der Waals surface area contributed by atoms with Gasteiger partial charge in [0.25, 0.3) is 11.8 Å². The molecule has 0 spiro atoms. The molecule has 30 heavy (non-hydrogen) atoms. The number of alkyl halides is 4. The predicted molar refractivity (Wildman–Crippen MR) is 102 cm³/mol. The Labute approximate surface area is 172 Å². The van der Waals surface area contributed by atoms with Gasteiger partial charge in [-0.3, -0.25) is 0 Å². The Morgan fingerprint density at radius 1 is 0.733 bits per heavy atom. The summed E-state index contributed by atoms with van der Waals surface area (Å²) in [4.78, 5) is 0. The smallest absolute Gasteiger partial charge is 0.384 e. The van der Waals surface area contributed by atoms with Crippen molar-refractivity contribution in [3.8, 4) is 0 Å². The van der Waals surface area contributed by atoms with Crippen LogP contribution in [0.3, 0.4) is 0 Å². The lowest BCUT2D eigenvalue weighted by molar-refractivity contribution is -0.126. The lowest BCUT2D eigenvalue weighted by Crippen LogP contribution is -2.39. The van der Waals surface area contributed by atoms with Crippen molar-refractivity contribution in [3.63, 3.8) is 0 Å². The molecule has 2 unspecified atom stereocenters. The Hall–Kier alpha value is -1.90. The van der Waals surface area contributed by atoms with Crippen molar-refractivity contribution in [1.82, 2.24) is 0 Å². The minimum atomic E-state index is -3.57. The van der Waals surface area contributed by atoms with Crippen molar-refractivity contribution in [2.24, 2.45) is 0 Å². The van der Waals surface area contributed by atoms with Crippen molar-refractivity contribution in [1.29, 1.82) is 0 Å². The molecular formula is C20H22F4O5P+. The van der Waals surface area contributed by atoms with E-state index >= 15 is 0 Å². The second kappa shape index (κ2) is 10.9. The fourth-order valence-corrected chi connectivity index (χ4v) is 3.12. The summed E-state index contributed by atoms with van der Waals surface area (Å²) in [5.74, 6) is -7.14. The molecule has 0 aliphatic rings. The van der Waals surface area contributed by atoms with Gasteiger partial charge < -0.3 is 10.2 Å². The number of hydrogen-bond donors (Lipinski definition) is 2. The van der Waals surface area contributed by atoms with E-state index in [4.69, 9.17) is 0 Å². The van der Waals surface area contributed by atoms with Crippen LogP contribution < -0.4 is 0 Å². The standard InChI is InChI=1S/C20H22F4O5P/c21-19(22,11-15-7-3-1-4-8-15)17(25)13-28-30(27)29-14-18(26)20(23,24)12-16-9-5-2-6-10-16/h1-10,17-18,25-26H,11-14H2/q+1. The van der Waals surface area contributed by atoms with Crippen LogP contribution in [-0.2, 0) is 26.5 Å². The maximum absolute atomic E-state index is 14.0. The lowest BCUT2D eigenvalue weighted by atomic mass is 10.0. The van der Waals surface area contributed by atoms with E-state index in [-0.39, 0.29) is 11.1 Å². The maximum Gasteiger partial charge on any atom is 0.697 e. The Bertz CT molecular complexity index is 727. The maximum atomic E-state index is 14.0. The van der Waals surface area contributed by atoms with Crippen LogP contribution in [0.1, 0.15) is 11.1 Å². The zero-order valence-corrected chi connectivity index (χ0v) is 16.7. The lowest BCUT2D eigenvalue weighted by Gasteiger charge is -2.21. The summed E-state index contributed by atoms with van der Waals surface area (Å²) < 4.78 is 76.7. The summed E-state index contributed by atoms with van der Waals surface area (Å²) >= 11 is 0. The molecule has 0 bridgehead atoms. The van der Waals surface area contributed by atoms with Gasteiger partial charge >= 0.3 is 8.25 Å². The van der Waals surface area contributed by atoms with Gasteiger partial charge in [0.15, 0.2) is 0 Å². The van der Waals surface area contributed by atoms with Crippen molar-refractivity contribution in [2.45, 2.75) is 36.9 Å². The molecular weight excluding hydrogens is 427 g/mol. The van der Waals surface area contributed by atoms with Crippen molar-refractivity contribution in [3.05, 3.63) is 71.8 Å². The molecule has 0 saturated heterocycles. The van der Waals surface area contributed by atoms with E-state index in [2.05, 4.69) is 9.05 Å². The number of hydrogen-bond acceptors (Lipinski definition) is 5. The Balaban J connectivity index is 1.76. The van der Waals surface area contributed by atoms with Gasteiger partial charge in [-0.1, -0.05) is 60.7 Å². The van der Waals surface area contributed by atoms with Crippen LogP contribution in [0.15, 0.2) is 60.7 Å². The Morgan fingerprint density at radius 3 is 1.40 bits per heavy atom. The highest BCUT2D eigenvalue weighted by Gasteiger charge is 2.43. The molecule has 2 aromatic rings. The molecule has 0 radical (unpaired) electrons. The fourth-order valence-electron chi connectivity index (χ4n) is 2.52. The summed E-state index contributed by atoms with van der Waals surface area (Å²) in [5, 5.41) is 19.3. The second-order valence-corrected chi connectivity index (χ2v) is 7.66. The highest BCUT2D eigenvalue weighted by atomic mass is 31.1. The molecule has 0 aliphatic carbocycles. The van der Waals surface area contributed by atoms with Crippen LogP contribution in [0.5, 0.6) is 0 Å². The SMILES string of the molecule is O=[P+](OCC(O)C(F)(F)Cc1ccccc1)OCC(O)C(F)(F)Cc1ccccc1. The fraction of sp³-hybridized carbons (Fsp3) is 0.400. The van der Waals surface area contributed by atoms with Crippen molar-refractivity contribution < 1.29 is 41.4 Å². The summed E-state index contributed by atoms with van der Waals surface area (Å²) in [5.41, 5.74) is 0.567. The number of aliphatic hydroxyl groups is 2. The number of benzene rings is 2. The van der Waals surface area contributed by atoms with Gasteiger partial charge in [0.2, 0.25) is 0 Å². The largest absolute Gasteiger partial charge is 0.697 e. The number of rotatable bonds is 12. The summed E-state index contributed by atoms with van der Waals surface area (Å²) in [6, 6.07) is 15.4. The first kappa shape index (κ1) is 24.4. The van der Waals surface area contributed by atoms with Crippen LogP contribution in [0.25, 0.3) is 0 Å². The van der Waals surface area contributed by atoms with E-state index in [0.717, 1.165) is 0 Å². The van der Waals surface area contributed by atoms with Gasteiger partial charge in [0, 0.05) is 17.4 Å². The van der Waals surface area contributed by atoms with Crippen molar-refractivity contribution in [2.75, 3.05) is 13.2 Å². The average Bonchev–Trinajstić information content (AvgIpc) is 2.70. The molecule has 0 aromatic heterocycles. The normalized spacial score (nSPS) is 14.9. The molecule has 2 rings (SSSR count). The molecule has 0 aliphatic heterocycles. The van der Waals surface area contributed by atoms with Gasteiger partial charge in [0.1, 0.15) is 25.4 Å². The molecule has 0 heterocycles. The quantitative estimate of drug-likeness (QED) is 0.376. The molecule has 164 valence electrons. The molecule has 0 amide bonds. The Kier molecular flexibility index (Phi) is 8.88. The minimum Gasteiger partial charge on any atom is -0.384 e. The van der Waals surface area contributed by atoms with E-state index in [1.54, 1.807) is 36.4 Å². The van der Waals surface area contributed by atoms with Crippen LogP contribution >= 0.6 is 8.25 Å². The first-order chi connectivity index (χ1) is 14.1. The molecule has 10 heteroatoms. The van der Waals surface area contributed by atoms with Gasteiger partial charge in [-0.05, 0) is 11.1 Å². The average molecular weight is 449 g/mol. The van der Waals surface area contributed by atoms with Gasteiger partial charge in [0.05, 0.1) is 0 Å². The zero-order chi connectivity index (χ0) is 22.2. The van der Waals surface area contributed by atoms with Crippen molar-refractivity contribution >= 4 is 8.25 Å². The minimum absolute atomic E-state index is 0.283. The molecule has 2 atom stereocenters. The van der Waals surface area contributed by atoms with Gasteiger partial charge in [-0.15, -0.1) is 9.05 Å². The van der Waals surface area contributed by atoms with Gasteiger partial charge in [-0.25, -0.2) is 17.6 Å². The molecule has 5 nitrogen and oxygen atoms in total. The summed E-state index contributed by atoms with van der Waals surface area (Å²) in [6.07, 6.45) is -6.10. The summed E-state index contributed by atoms with van der Waals surface area (Å²) in [7, 11) is -3.10. The third-order valence-corrected chi connectivity index (χ3v) is 4.94. The van der Waals surface area contributed by atoms with E-state index in [1.165, 1.54) is 24.3 Å². The Morgan fingerprint density at radius 2 is 1.07 bits per heavy atom.